The summed E-state index contributed by atoms with van der Waals surface area (Å²) < 4.78 is 5.09. The van der Waals surface area contributed by atoms with Crippen molar-refractivity contribution in [2.24, 2.45) is 23.7 Å². The summed E-state index contributed by atoms with van der Waals surface area (Å²) in [5.41, 5.74) is 4.45. The molecular weight excluding hydrogens is 438 g/mol. The third-order valence-electron chi connectivity index (χ3n) is 8.06. The van der Waals surface area contributed by atoms with Crippen LogP contribution in [0.5, 0.6) is 0 Å². The molecule has 35 heavy (non-hydrogen) atoms. The first-order valence-electron chi connectivity index (χ1n) is 12.9. The van der Waals surface area contributed by atoms with Crippen LogP contribution in [0.15, 0.2) is 48.7 Å². The molecule has 184 valence electrons. The number of ether oxygens (including phenoxy) is 1. The molecule has 6 nitrogen and oxygen atoms in total. The predicted molar refractivity (Wildman–Crippen MR) is 136 cm³/mol. The van der Waals surface area contributed by atoms with Crippen molar-refractivity contribution < 1.29 is 14.3 Å². The predicted octanol–water partition coefficient (Wildman–Crippen LogP) is 5.13. The van der Waals surface area contributed by atoms with E-state index in [1.54, 1.807) is 0 Å². The number of benzene rings is 1. The van der Waals surface area contributed by atoms with Crippen LogP contribution in [0.2, 0.25) is 0 Å². The third-order valence-corrected chi connectivity index (χ3v) is 8.06. The second-order valence-electron chi connectivity index (χ2n) is 10.4. The van der Waals surface area contributed by atoms with E-state index in [1.165, 1.54) is 11.1 Å². The van der Waals surface area contributed by atoms with E-state index >= 15 is 0 Å². The molecule has 3 aliphatic rings. The van der Waals surface area contributed by atoms with Gasteiger partial charge in [-0.25, -0.2) is 4.79 Å². The van der Waals surface area contributed by atoms with Gasteiger partial charge in [-0.2, -0.15) is 0 Å². The van der Waals surface area contributed by atoms with Crippen molar-refractivity contribution in [3.63, 3.8) is 0 Å². The van der Waals surface area contributed by atoms with Gasteiger partial charge in [-0.1, -0.05) is 42.0 Å². The molecule has 0 spiro atoms. The number of aromatic nitrogens is 1. The molecule has 2 aliphatic carbocycles. The molecule has 1 saturated heterocycles. The topological polar surface area (TPSA) is 80.3 Å². The zero-order chi connectivity index (χ0) is 24.4. The Kier molecular flexibility index (Phi) is 6.89. The lowest BCUT2D eigenvalue weighted by molar-refractivity contribution is -0.119. The number of nitrogens with zero attached hydrogens (tertiary/aromatic N) is 1. The minimum atomic E-state index is -0.320. The molecule has 1 aromatic carbocycles. The van der Waals surface area contributed by atoms with Gasteiger partial charge < -0.3 is 15.4 Å². The summed E-state index contributed by atoms with van der Waals surface area (Å²) in [4.78, 5) is 28.9. The zero-order valence-corrected chi connectivity index (χ0v) is 20.6. The lowest BCUT2D eigenvalue weighted by Gasteiger charge is -2.47. The van der Waals surface area contributed by atoms with Crippen molar-refractivity contribution in [1.82, 2.24) is 15.6 Å². The van der Waals surface area contributed by atoms with Gasteiger partial charge in [0.2, 0.25) is 5.91 Å². The van der Waals surface area contributed by atoms with Crippen LogP contribution in [0.3, 0.4) is 0 Å². The van der Waals surface area contributed by atoms with Gasteiger partial charge in [0.25, 0.3) is 0 Å². The van der Waals surface area contributed by atoms with Gasteiger partial charge in [0, 0.05) is 36.2 Å². The molecule has 0 bridgehead atoms. The number of nitrogens with one attached hydrogen (secondary N) is 2. The van der Waals surface area contributed by atoms with Crippen molar-refractivity contribution >= 4 is 18.1 Å². The van der Waals surface area contributed by atoms with E-state index in [4.69, 9.17) is 9.72 Å². The second kappa shape index (κ2) is 10.2. The highest BCUT2D eigenvalue weighted by Gasteiger charge is 2.49. The van der Waals surface area contributed by atoms with Gasteiger partial charge in [-0.05, 0) is 75.0 Å². The highest BCUT2D eigenvalue weighted by molar-refractivity contribution is 5.79. The largest absolute Gasteiger partial charge is 0.450 e. The van der Waals surface area contributed by atoms with Gasteiger partial charge >= 0.3 is 6.09 Å². The number of carbonyl (C=O) groups excluding carboxylic acids is 2. The van der Waals surface area contributed by atoms with Crippen LogP contribution >= 0.6 is 0 Å². The maximum Gasteiger partial charge on any atom is 0.407 e. The Morgan fingerprint density at radius 3 is 2.83 bits per heavy atom. The minimum Gasteiger partial charge on any atom is -0.450 e. The molecule has 2 saturated carbocycles. The first-order valence-corrected chi connectivity index (χ1v) is 12.9. The van der Waals surface area contributed by atoms with E-state index in [9.17, 15) is 9.59 Å². The summed E-state index contributed by atoms with van der Waals surface area (Å²) in [5, 5.41) is 6.32. The molecule has 0 unspecified atom stereocenters. The summed E-state index contributed by atoms with van der Waals surface area (Å²) in [6, 6.07) is 13.0. The first-order chi connectivity index (χ1) is 17.0. The Balaban J connectivity index is 1.31. The molecule has 2 aromatic rings. The molecule has 3 fully saturated rings. The van der Waals surface area contributed by atoms with Crippen LogP contribution in [-0.4, -0.2) is 35.7 Å². The lowest BCUT2D eigenvalue weighted by atomic mass is 9.59. The van der Waals surface area contributed by atoms with Crippen LogP contribution in [0, 0.1) is 30.6 Å². The summed E-state index contributed by atoms with van der Waals surface area (Å²) in [5.74, 6) is 1.80. The van der Waals surface area contributed by atoms with Crippen molar-refractivity contribution in [3.8, 4) is 11.1 Å². The number of alkyl carbamates (subject to hydrolysis) is 1. The van der Waals surface area contributed by atoms with Crippen LogP contribution in [0.4, 0.5) is 4.79 Å². The smallest absolute Gasteiger partial charge is 0.407 e. The van der Waals surface area contributed by atoms with Crippen molar-refractivity contribution in [3.05, 3.63) is 59.9 Å². The molecule has 2 N–H and O–H groups in total. The average Bonchev–Trinajstić information content (AvgIpc) is 3.22. The highest BCUT2D eigenvalue weighted by Crippen LogP contribution is 2.49. The summed E-state index contributed by atoms with van der Waals surface area (Å²) in [7, 11) is 0. The number of carbonyl (C=O) groups is 2. The normalized spacial score (nSPS) is 29.8. The number of amides is 2. The Hall–Kier alpha value is -3.15. The molecule has 1 aromatic heterocycles. The molecule has 2 amide bonds. The molecule has 0 radical (unpaired) electrons. The van der Waals surface area contributed by atoms with Gasteiger partial charge in [0.1, 0.15) is 0 Å². The Morgan fingerprint density at radius 1 is 1.17 bits per heavy atom. The molecule has 5 rings (SSSR count). The van der Waals surface area contributed by atoms with Gasteiger partial charge in [-0.3, -0.25) is 9.78 Å². The fraction of sp³-hybridized carbons (Fsp3) is 0.483. The Labute approximate surface area is 207 Å². The van der Waals surface area contributed by atoms with E-state index < -0.39 is 0 Å². The number of fused-ring (bicyclic) bond motifs is 2. The summed E-state index contributed by atoms with van der Waals surface area (Å²) in [6.07, 6.45) is 10.6. The number of hydrogen-bond donors (Lipinski definition) is 2. The molecule has 6 atom stereocenters. The van der Waals surface area contributed by atoms with Crippen molar-refractivity contribution in [2.45, 2.75) is 58.0 Å². The lowest BCUT2D eigenvalue weighted by Crippen LogP contribution is -2.50. The molecular formula is C29H35N3O3. The highest BCUT2D eigenvalue weighted by atomic mass is 16.5. The van der Waals surface area contributed by atoms with E-state index in [0.717, 1.165) is 36.9 Å². The monoisotopic (exact) mass is 473 g/mol. The number of aryl methyl sites for hydroxylation is 1. The minimum absolute atomic E-state index is 0.150. The standard InChI is InChI=1S/C29H35N3O3/c1-3-35-29(34)31-24-10-11-25-21(15-24)14-22-16-27(33)32-28(22)26(25)12-9-23-8-7-20(17-30-23)19-6-4-5-18(2)13-19/h4-9,12-13,17,21-22,24-26,28H,3,10-11,14-16H2,1-2H3,(H,31,34)(H,32,33)/b12-9+/t21-,22-,24-,25-,26+,28+/m1/s1. The maximum atomic E-state index is 12.3. The van der Waals surface area contributed by atoms with Crippen molar-refractivity contribution in [2.75, 3.05) is 6.61 Å². The van der Waals surface area contributed by atoms with Crippen LogP contribution < -0.4 is 10.6 Å². The zero-order valence-electron chi connectivity index (χ0n) is 20.6. The van der Waals surface area contributed by atoms with E-state index in [0.29, 0.717) is 30.8 Å². The fourth-order valence-electron chi connectivity index (χ4n) is 6.53. The Morgan fingerprint density at radius 2 is 2.06 bits per heavy atom. The molecule has 1 aliphatic heterocycles. The Bertz CT molecular complexity index is 1100. The SMILES string of the molecule is CCOC(=O)N[C@@H]1CC[C@@H]2[C@@H](C1)C[C@@H]1CC(=O)N[C@@H]1[C@H]2/C=C/c1ccc(-c2cccc(C)c2)cn1. The number of pyridine rings is 1. The third kappa shape index (κ3) is 5.26. The maximum absolute atomic E-state index is 12.3. The van der Waals surface area contributed by atoms with Crippen LogP contribution in [-0.2, 0) is 9.53 Å². The van der Waals surface area contributed by atoms with Gasteiger partial charge in [0.15, 0.2) is 0 Å². The summed E-state index contributed by atoms with van der Waals surface area (Å²) >= 11 is 0. The van der Waals surface area contributed by atoms with E-state index in [1.807, 2.05) is 13.1 Å². The van der Waals surface area contributed by atoms with Crippen LogP contribution in [0.1, 0.15) is 50.3 Å². The fourth-order valence-corrected chi connectivity index (χ4v) is 6.53. The van der Waals surface area contributed by atoms with Gasteiger partial charge in [-0.15, -0.1) is 0 Å². The van der Waals surface area contributed by atoms with Crippen molar-refractivity contribution in [1.29, 1.82) is 0 Å². The summed E-state index contributed by atoms with van der Waals surface area (Å²) in [6.45, 7) is 4.31. The molecule has 6 heteroatoms. The van der Waals surface area contributed by atoms with E-state index in [2.05, 4.69) is 66.1 Å². The number of hydrogen-bond acceptors (Lipinski definition) is 4. The second-order valence-corrected chi connectivity index (χ2v) is 10.4. The van der Waals surface area contributed by atoms with E-state index in [-0.39, 0.29) is 30.0 Å². The quantitative estimate of drug-likeness (QED) is 0.631. The molecule has 2 heterocycles. The first kappa shape index (κ1) is 23.6. The average molecular weight is 474 g/mol. The van der Waals surface area contributed by atoms with Gasteiger partial charge in [0.05, 0.1) is 12.3 Å². The van der Waals surface area contributed by atoms with Crippen LogP contribution in [0.25, 0.3) is 17.2 Å². The number of rotatable bonds is 5.